The SMILES string of the molecule is COCc1c(CN=O)ncc2c1c1c(Oc3cnccn3)cccc1n2S(=O)(=O)c1ccc(C)cc1. The van der Waals surface area contributed by atoms with E-state index in [1.165, 1.54) is 35.9 Å². The standard InChI is InChI=1S/C25H21N5O5S/c1-16-6-8-17(9-7-16)36(32,33)30-20-4-3-5-22(35-23-14-26-10-11-27-23)25(20)24-18(15-34-2)19(12-29-31)28-13-21(24)30/h3-11,13-14H,12,15H2,1-2H3. The highest BCUT2D eigenvalue weighted by Gasteiger charge is 2.28. The summed E-state index contributed by atoms with van der Waals surface area (Å²) in [5.41, 5.74) is 2.57. The van der Waals surface area contributed by atoms with E-state index in [1.807, 2.05) is 6.92 Å². The van der Waals surface area contributed by atoms with Crippen LogP contribution in [-0.4, -0.2) is 34.5 Å². The largest absolute Gasteiger partial charge is 0.437 e. The zero-order valence-corrected chi connectivity index (χ0v) is 20.3. The Morgan fingerprint density at radius 1 is 0.972 bits per heavy atom. The van der Waals surface area contributed by atoms with Crippen molar-refractivity contribution in [3.8, 4) is 11.6 Å². The monoisotopic (exact) mass is 503 g/mol. The Labute approximate surface area is 206 Å². The molecule has 0 atom stereocenters. The molecule has 0 aliphatic rings. The van der Waals surface area contributed by atoms with Crippen LogP contribution in [0.25, 0.3) is 21.8 Å². The van der Waals surface area contributed by atoms with Crippen molar-refractivity contribution in [1.29, 1.82) is 0 Å². The molecule has 2 aromatic carbocycles. The van der Waals surface area contributed by atoms with Crippen LogP contribution < -0.4 is 4.74 Å². The molecule has 0 saturated heterocycles. The zero-order chi connectivity index (χ0) is 25.3. The van der Waals surface area contributed by atoms with Gasteiger partial charge in [0, 0.05) is 30.5 Å². The molecule has 0 bridgehead atoms. The molecule has 0 amide bonds. The van der Waals surface area contributed by atoms with Gasteiger partial charge in [-0.2, -0.15) is 4.91 Å². The van der Waals surface area contributed by atoms with Crippen LogP contribution in [-0.2, 0) is 27.9 Å². The third kappa shape index (κ3) is 3.97. The molecule has 3 aromatic heterocycles. The van der Waals surface area contributed by atoms with E-state index in [-0.39, 0.29) is 23.9 Å². The highest BCUT2D eigenvalue weighted by molar-refractivity contribution is 7.90. The minimum Gasteiger partial charge on any atom is -0.437 e. The van der Waals surface area contributed by atoms with E-state index in [9.17, 15) is 13.3 Å². The van der Waals surface area contributed by atoms with Crippen molar-refractivity contribution in [2.24, 2.45) is 5.18 Å². The fraction of sp³-hybridized carbons (Fsp3) is 0.160. The smallest absolute Gasteiger partial charge is 0.268 e. The number of aromatic nitrogens is 4. The number of rotatable bonds is 8. The Bertz CT molecular complexity index is 1680. The molecular weight excluding hydrogens is 482 g/mol. The summed E-state index contributed by atoms with van der Waals surface area (Å²) < 4.78 is 40.6. The van der Waals surface area contributed by atoms with Crippen molar-refractivity contribution in [2.75, 3.05) is 7.11 Å². The highest BCUT2D eigenvalue weighted by atomic mass is 32.2. The van der Waals surface area contributed by atoms with E-state index in [4.69, 9.17) is 9.47 Å². The second kappa shape index (κ2) is 9.44. The van der Waals surface area contributed by atoms with Crippen molar-refractivity contribution < 1.29 is 17.9 Å². The molecule has 36 heavy (non-hydrogen) atoms. The summed E-state index contributed by atoms with van der Waals surface area (Å²) in [4.78, 5) is 23.9. The lowest BCUT2D eigenvalue weighted by Gasteiger charge is -2.11. The van der Waals surface area contributed by atoms with Gasteiger partial charge in [-0.25, -0.2) is 17.4 Å². The van der Waals surface area contributed by atoms with Crippen LogP contribution in [0.15, 0.2) is 77.3 Å². The van der Waals surface area contributed by atoms with E-state index in [0.717, 1.165) is 5.56 Å². The minimum absolute atomic E-state index is 0.0817. The van der Waals surface area contributed by atoms with Gasteiger partial charge >= 0.3 is 0 Å². The molecule has 0 spiro atoms. The summed E-state index contributed by atoms with van der Waals surface area (Å²) in [5, 5.41) is 4.04. The number of ether oxygens (including phenoxy) is 2. The fourth-order valence-corrected chi connectivity index (χ4v) is 5.69. The van der Waals surface area contributed by atoms with Gasteiger partial charge in [0.2, 0.25) is 5.88 Å². The van der Waals surface area contributed by atoms with Crippen LogP contribution >= 0.6 is 0 Å². The predicted molar refractivity (Wildman–Crippen MR) is 133 cm³/mol. The summed E-state index contributed by atoms with van der Waals surface area (Å²) in [7, 11) is -2.53. The van der Waals surface area contributed by atoms with E-state index in [0.29, 0.717) is 38.8 Å². The molecule has 0 aliphatic heterocycles. The number of methoxy groups -OCH3 is 1. The molecule has 0 radical (unpaired) electrons. The third-order valence-corrected chi connectivity index (χ3v) is 7.50. The number of pyridine rings is 1. The molecule has 5 aromatic rings. The number of benzene rings is 2. The quantitative estimate of drug-likeness (QED) is 0.278. The summed E-state index contributed by atoms with van der Waals surface area (Å²) >= 11 is 0. The van der Waals surface area contributed by atoms with Gasteiger partial charge < -0.3 is 9.47 Å². The summed E-state index contributed by atoms with van der Waals surface area (Å²) in [6.45, 7) is 1.77. The van der Waals surface area contributed by atoms with E-state index >= 15 is 0 Å². The first-order valence-corrected chi connectivity index (χ1v) is 12.4. The number of hydrogen-bond donors (Lipinski definition) is 0. The lowest BCUT2D eigenvalue weighted by Crippen LogP contribution is -2.13. The van der Waals surface area contributed by atoms with E-state index in [2.05, 4.69) is 20.1 Å². The molecule has 5 rings (SSSR count). The number of fused-ring (bicyclic) bond motifs is 3. The van der Waals surface area contributed by atoms with Crippen molar-refractivity contribution >= 4 is 31.8 Å². The van der Waals surface area contributed by atoms with Crippen molar-refractivity contribution in [3.05, 3.63) is 89.0 Å². The average Bonchev–Trinajstić information content (AvgIpc) is 3.23. The average molecular weight is 504 g/mol. The molecule has 0 unspecified atom stereocenters. The third-order valence-electron chi connectivity index (χ3n) is 5.76. The van der Waals surface area contributed by atoms with Crippen LogP contribution in [0.4, 0.5) is 0 Å². The minimum atomic E-state index is -4.04. The molecule has 182 valence electrons. The second-order valence-corrected chi connectivity index (χ2v) is 9.83. The predicted octanol–water partition coefficient (Wildman–Crippen LogP) is 4.73. The Kier molecular flexibility index (Phi) is 6.17. The van der Waals surface area contributed by atoms with Crippen LogP contribution in [0, 0.1) is 11.8 Å². The molecule has 0 saturated carbocycles. The Hall–Kier alpha value is -4.22. The lowest BCUT2D eigenvalue weighted by molar-refractivity contribution is 0.185. The fourth-order valence-electron chi connectivity index (χ4n) is 4.19. The zero-order valence-electron chi connectivity index (χ0n) is 19.5. The van der Waals surface area contributed by atoms with Gasteiger partial charge in [0.15, 0.2) is 0 Å². The molecule has 0 aliphatic carbocycles. The number of aryl methyl sites for hydroxylation is 1. The Balaban J connectivity index is 1.90. The van der Waals surface area contributed by atoms with Gasteiger partial charge in [-0.15, -0.1) is 0 Å². The molecule has 0 N–H and O–H groups in total. The maximum Gasteiger partial charge on any atom is 0.268 e. The molecule has 3 heterocycles. The van der Waals surface area contributed by atoms with Crippen molar-refractivity contribution in [1.82, 2.24) is 18.9 Å². The van der Waals surface area contributed by atoms with Gasteiger partial charge in [-0.1, -0.05) is 28.9 Å². The topological polar surface area (TPSA) is 126 Å². The normalized spacial score (nSPS) is 11.7. The summed E-state index contributed by atoms with van der Waals surface area (Å²) in [6, 6.07) is 11.7. The lowest BCUT2D eigenvalue weighted by atomic mass is 10.1. The van der Waals surface area contributed by atoms with Gasteiger partial charge in [-0.3, -0.25) is 9.97 Å². The summed E-state index contributed by atoms with van der Waals surface area (Å²) in [6.07, 6.45) is 5.91. The van der Waals surface area contributed by atoms with Crippen LogP contribution in [0.3, 0.4) is 0 Å². The molecule has 11 heteroatoms. The second-order valence-electron chi connectivity index (χ2n) is 8.04. The van der Waals surface area contributed by atoms with Gasteiger partial charge in [-0.05, 0) is 31.2 Å². The summed E-state index contributed by atoms with van der Waals surface area (Å²) in [5.74, 6) is 0.605. The first-order chi connectivity index (χ1) is 17.5. The number of nitrogens with zero attached hydrogens (tertiary/aromatic N) is 5. The Morgan fingerprint density at radius 2 is 1.78 bits per heavy atom. The Morgan fingerprint density at radius 3 is 2.47 bits per heavy atom. The maximum atomic E-state index is 14.0. The molecule has 0 fully saturated rings. The van der Waals surface area contributed by atoms with Crippen molar-refractivity contribution in [3.63, 3.8) is 0 Å². The maximum absolute atomic E-state index is 14.0. The number of hydrogen-bond acceptors (Lipinski definition) is 9. The van der Waals surface area contributed by atoms with Crippen LogP contribution in [0.5, 0.6) is 11.6 Å². The molecule has 10 nitrogen and oxygen atoms in total. The van der Waals surface area contributed by atoms with Gasteiger partial charge in [0.25, 0.3) is 10.0 Å². The molecular formula is C25H21N5O5S. The van der Waals surface area contributed by atoms with Gasteiger partial charge in [0.1, 0.15) is 12.3 Å². The van der Waals surface area contributed by atoms with Crippen LogP contribution in [0.2, 0.25) is 0 Å². The first-order valence-electron chi connectivity index (χ1n) is 10.9. The number of nitroso groups, excluding NO2 is 1. The highest BCUT2D eigenvalue weighted by Crippen LogP contribution is 2.41. The van der Waals surface area contributed by atoms with Crippen molar-refractivity contribution in [2.45, 2.75) is 25.0 Å². The van der Waals surface area contributed by atoms with E-state index < -0.39 is 10.0 Å². The van der Waals surface area contributed by atoms with Crippen LogP contribution in [0.1, 0.15) is 16.8 Å². The first kappa shape index (κ1) is 23.5. The van der Waals surface area contributed by atoms with Gasteiger partial charge in [0.05, 0.1) is 46.0 Å². The van der Waals surface area contributed by atoms with E-state index in [1.54, 1.807) is 42.5 Å².